The summed E-state index contributed by atoms with van der Waals surface area (Å²) in [6.45, 7) is -1.37. The summed E-state index contributed by atoms with van der Waals surface area (Å²) in [6, 6.07) is 0. The quantitative estimate of drug-likeness (QED) is 0.147. The minimum Gasteiger partial charge on any atom is -0.386 e. The van der Waals surface area contributed by atoms with Crippen molar-refractivity contribution in [3.8, 4) is 12.3 Å². The van der Waals surface area contributed by atoms with Gasteiger partial charge < -0.3 is 35.2 Å². The van der Waals surface area contributed by atoms with Crippen molar-refractivity contribution in [1.29, 1.82) is 0 Å². The van der Waals surface area contributed by atoms with E-state index in [0.717, 1.165) is 0 Å². The number of ether oxygens (including phenoxy) is 1. The summed E-state index contributed by atoms with van der Waals surface area (Å²) in [7, 11) is -17.2. The molecule has 1 aliphatic rings. The molecule has 7 N–H and O–H groups in total. The average Bonchev–Trinajstić information content (AvgIpc) is 2.85. The van der Waals surface area contributed by atoms with Crippen LogP contribution in [0.5, 0.6) is 0 Å². The van der Waals surface area contributed by atoms with Crippen LogP contribution in [-0.2, 0) is 31.6 Å². The molecule has 15 nitrogen and oxygen atoms in total. The lowest BCUT2D eigenvalue weighted by Gasteiger charge is -2.27. The highest BCUT2D eigenvalue weighted by atomic mass is 32.1. The van der Waals surface area contributed by atoms with E-state index in [0.29, 0.717) is 10.8 Å². The number of aromatic nitrogens is 2. The first-order valence-electron chi connectivity index (χ1n) is 7.72. The van der Waals surface area contributed by atoms with Crippen molar-refractivity contribution >= 4 is 41.5 Å². The number of alkyl halides is 1. The van der Waals surface area contributed by atoms with Crippen molar-refractivity contribution in [1.82, 2.24) is 9.55 Å². The first kappa shape index (κ1) is 27.1. The molecule has 0 aromatic carbocycles. The molecule has 32 heavy (non-hydrogen) atoms. The molecule has 21 heteroatoms. The summed E-state index contributed by atoms with van der Waals surface area (Å²) in [5.41, 5.74) is 2.68. The van der Waals surface area contributed by atoms with E-state index in [1.165, 1.54) is 0 Å². The summed E-state index contributed by atoms with van der Waals surface area (Å²) >= 11 is 4.82. The molecule has 1 aromatic heterocycles. The highest BCUT2D eigenvalue weighted by Crippen LogP contribution is 2.66. The van der Waals surface area contributed by atoms with E-state index in [1.54, 1.807) is 5.92 Å². The fourth-order valence-electron chi connectivity index (χ4n) is 2.37. The molecule has 2 heterocycles. The molecule has 0 bridgehead atoms. The Morgan fingerprint density at radius 3 is 2.44 bits per heavy atom. The zero-order valence-electron chi connectivity index (χ0n) is 15.2. The molecule has 0 spiro atoms. The molecule has 2 rings (SSSR count). The highest BCUT2D eigenvalue weighted by molar-refractivity contribution is 7.71. The van der Waals surface area contributed by atoms with Crippen LogP contribution in [0.2, 0.25) is 0 Å². The van der Waals surface area contributed by atoms with E-state index in [-0.39, 0.29) is 0 Å². The van der Waals surface area contributed by atoms with Crippen molar-refractivity contribution < 1.29 is 65.0 Å². The van der Waals surface area contributed by atoms with Gasteiger partial charge in [-0.1, -0.05) is 5.92 Å². The smallest absolute Gasteiger partial charge is 0.386 e. The molecule has 1 saturated heterocycles. The van der Waals surface area contributed by atoms with Crippen LogP contribution >= 0.6 is 35.7 Å². The maximum atomic E-state index is 14.7. The Morgan fingerprint density at radius 1 is 1.31 bits per heavy atom. The monoisotopic (exact) mass is 543 g/mol. The van der Waals surface area contributed by atoms with Crippen molar-refractivity contribution in [2.75, 3.05) is 12.3 Å². The fraction of sp³-hybridized carbons (Fsp3) is 0.455. The summed E-state index contributed by atoms with van der Waals surface area (Å²) in [6.07, 6.45) is -0.801. The summed E-state index contributed by atoms with van der Waals surface area (Å²) in [5, 5.41) is 10.2. The van der Waals surface area contributed by atoms with Gasteiger partial charge in [0.25, 0.3) is 0 Å². The van der Waals surface area contributed by atoms with Crippen molar-refractivity contribution in [2.24, 2.45) is 0 Å². The molecule has 0 radical (unpaired) electrons. The normalized spacial score (nSPS) is 29.8. The Hall–Kier alpha value is -1.15. The molecule has 0 amide bonds. The third-order valence-electron chi connectivity index (χ3n) is 3.69. The molecule has 1 aromatic rings. The third-order valence-corrected chi connectivity index (χ3v) is 7.78. The summed E-state index contributed by atoms with van der Waals surface area (Å²) in [4.78, 5) is 39.0. The van der Waals surface area contributed by atoms with Gasteiger partial charge in [-0.3, -0.25) is 9.09 Å². The number of hydrogen-bond acceptors (Lipinski definition) is 11. The number of rotatable bonds is 8. The Kier molecular flexibility index (Phi) is 7.83. The van der Waals surface area contributed by atoms with Crippen LogP contribution in [0, 0.1) is 22.9 Å². The number of phosphoric acid groups is 3. The number of nitrogen functional groups attached to an aromatic ring is 1. The van der Waals surface area contributed by atoms with Gasteiger partial charge in [0.05, 0.1) is 0 Å². The minimum atomic E-state index is -5.84. The lowest BCUT2D eigenvalue weighted by Crippen LogP contribution is -2.44. The standard InChI is InChI=1S/C11H14F2N3O12P3S/c1-2-11(4-25-30(21,22)28-31(23,24)27-29(18,19)20)7(17)6(13)9(26-11)16-3-5(12)8(14)15-10(16)32/h1,3,6-7,9,17H,4H2,(H,21,22)(H,23,24)(H2,14,15,32)(H2,18,19,20). The van der Waals surface area contributed by atoms with Gasteiger partial charge in [0, 0.05) is 6.20 Å². The molecular weight excluding hydrogens is 529 g/mol. The van der Waals surface area contributed by atoms with E-state index < -0.39 is 70.6 Å². The molecule has 0 aliphatic carbocycles. The Morgan fingerprint density at radius 2 is 1.91 bits per heavy atom. The third kappa shape index (κ3) is 6.25. The first-order chi connectivity index (χ1) is 14.4. The number of nitrogens with zero attached hydrogens (tertiary/aromatic N) is 2. The number of aliphatic hydroxyl groups is 1. The van der Waals surface area contributed by atoms with Gasteiger partial charge >= 0.3 is 23.5 Å². The number of nitrogens with two attached hydrogens (primary N) is 1. The van der Waals surface area contributed by atoms with E-state index in [4.69, 9.17) is 43.8 Å². The summed E-state index contributed by atoms with van der Waals surface area (Å²) < 4.78 is 78.9. The first-order valence-corrected chi connectivity index (χ1v) is 12.7. The maximum absolute atomic E-state index is 14.7. The Bertz CT molecular complexity index is 1140. The van der Waals surface area contributed by atoms with Gasteiger partial charge in [-0.2, -0.15) is 13.6 Å². The molecule has 6 unspecified atom stereocenters. The number of hydrogen-bond donors (Lipinski definition) is 6. The van der Waals surface area contributed by atoms with Crippen LogP contribution < -0.4 is 5.73 Å². The fourth-order valence-corrected chi connectivity index (χ4v) is 5.68. The van der Waals surface area contributed by atoms with Crippen molar-refractivity contribution in [2.45, 2.75) is 24.1 Å². The van der Waals surface area contributed by atoms with Crippen LogP contribution in [0.3, 0.4) is 0 Å². The van der Waals surface area contributed by atoms with Crippen LogP contribution in [-0.4, -0.2) is 58.7 Å². The van der Waals surface area contributed by atoms with Crippen LogP contribution in [0.1, 0.15) is 6.23 Å². The van der Waals surface area contributed by atoms with Crippen LogP contribution in [0.25, 0.3) is 0 Å². The van der Waals surface area contributed by atoms with Gasteiger partial charge in [-0.25, -0.2) is 22.5 Å². The predicted octanol–water partition coefficient (Wildman–Crippen LogP) is 0.277. The second-order valence-corrected chi connectivity index (χ2v) is 10.7. The van der Waals surface area contributed by atoms with Gasteiger partial charge in [-0.05, 0) is 12.2 Å². The van der Waals surface area contributed by atoms with E-state index in [1.807, 2.05) is 0 Å². The molecule has 180 valence electrons. The second-order valence-electron chi connectivity index (χ2n) is 5.96. The topological polar surface area (TPSA) is 233 Å². The van der Waals surface area contributed by atoms with Gasteiger partial charge in [-0.15, -0.1) is 6.42 Å². The van der Waals surface area contributed by atoms with Crippen molar-refractivity contribution in [3.63, 3.8) is 0 Å². The number of anilines is 1. The lowest BCUT2D eigenvalue weighted by atomic mass is 9.98. The SMILES string of the molecule is C#CC1(COP(=O)(O)OP(=O)(O)OP(=O)(O)O)OC(n2cc(F)c(N)nc2=S)C(F)C1O. The van der Waals surface area contributed by atoms with Gasteiger partial charge in [0.2, 0.25) is 4.77 Å². The van der Waals surface area contributed by atoms with Crippen LogP contribution in [0.4, 0.5) is 14.6 Å². The lowest BCUT2D eigenvalue weighted by molar-refractivity contribution is -0.0902. The zero-order chi connectivity index (χ0) is 24.7. The highest BCUT2D eigenvalue weighted by Gasteiger charge is 2.57. The number of terminal acetylenes is 1. The van der Waals surface area contributed by atoms with Gasteiger partial charge in [0.1, 0.15) is 12.7 Å². The number of phosphoric ester groups is 1. The molecule has 1 fully saturated rings. The van der Waals surface area contributed by atoms with Crippen LogP contribution in [0.15, 0.2) is 6.20 Å². The van der Waals surface area contributed by atoms with Crippen molar-refractivity contribution in [3.05, 3.63) is 16.8 Å². The molecule has 1 aliphatic heterocycles. The zero-order valence-corrected chi connectivity index (χ0v) is 18.7. The second kappa shape index (κ2) is 9.24. The Balaban J connectivity index is 2.25. The molecule has 0 saturated carbocycles. The van der Waals surface area contributed by atoms with E-state index >= 15 is 0 Å². The van der Waals surface area contributed by atoms with E-state index in [2.05, 4.69) is 18.1 Å². The predicted molar refractivity (Wildman–Crippen MR) is 99.8 cm³/mol. The Labute approximate surface area is 182 Å². The summed E-state index contributed by atoms with van der Waals surface area (Å²) in [5.74, 6) is 0.0339. The minimum absolute atomic E-state index is 0.482. The molecular formula is C11H14F2N3O12P3S. The van der Waals surface area contributed by atoms with Gasteiger partial charge in [0.15, 0.2) is 29.6 Å². The maximum Gasteiger partial charge on any atom is 0.490 e. The number of aliphatic hydroxyl groups excluding tert-OH is 1. The average molecular weight is 543 g/mol. The number of halogens is 2. The molecule has 6 atom stereocenters. The van der Waals surface area contributed by atoms with E-state index in [9.17, 15) is 32.5 Å². The largest absolute Gasteiger partial charge is 0.490 e.